The minimum Gasteiger partial charge on any atom is -0.464 e. The number of hydrogen-bond acceptors (Lipinski definition) is 3. The van der Waals surface area contributed by atoms with Crippen LogP contribution >= 0.6 is 0 Å². The van der Waals surface area contributed by atoms with Crippen molar-refractivity contribution in [3.8, 4) is 0 Å². The molecule has 0 amide bonds. The molecule has 0 aliphatic carbocycles. The van der Waals surface area contributed by atoms with Gasteiger partial charge in [-0.05, 0) is 18.6 Å². The number of carbonyl (C=O) groups is 1. The van der Waals surface area contributed by atoms with Crippen molar-refractivity contribution in [3.05, 3.63) is 42.0 Å². The van der Waals surface area contributed by atoms with Gasteiger partial charge >= 0.3 is 12.1 Å². The van der Waals surface area contributed by atoms with Crippen molar-refractivity contribution >= 4 is 12.0 Å². The molecule has 20 heavy (non-hydrogen) atoms. The van der Waals surface area contributed by atoms with Crippen molar-refractivity contribution in [2.24, 2.45) is 0 Å². The van der Waals surface area contributed by atoms with Gasteiger partial charge in [0.1, 0.15) is 6.61 Å². The second-order valence-electron chi connectivity index (χ2n) is 3.87. The van der Waals surface area contributed by atoms with Crippen LogP contribution in [0.15, 0.2) is 36.4 Å². The van der Waals surface area contributed by atoms with Crippen molar-refractivity contribution in [2.45, 2.75) is 19.2 Å². The Morgan fingerprint density at radius 1 is 1.30 bits per heavy atom. The van der Waals surface area contributed by atoms with Gasteiger partial charge in [-0.15, -0.1) is 0 Å². The van der Waals surface area contributed by atoms with E-state index >= 15 is 0 Å². The molecule has 0 aliphatic heterocycles. The Morgan fingerprint density at radius 2 is 1.95 bits per heavy atom. The average Bonchev–Trinajstić information content (AvgIpc) is 2.39. The van der Waals surface area contributed by atoms with Gasteiger partial charge in [0, 0.05) is 0 Å². The van der Waals surface area contributed by atoms with Gasteiger partial charge in [-0.3, -0.25) is 0 Å². The molecule has 1 aromatic carbocycles. The number of halogens is 3. The summed E-state index contributed by atoms with van der Waals surface area (Å²) >= 11 is 0. The first-order valence-corrected chi connectivity index (χ1v) is 6.00. The number of ether oxygens (including phenoxy) is 2. The predicted octanol–water partition coefficient (Wildman–Crippen LogP) is 3.21. The van der Waals surface area contributed by atoms with Gasteiger partial charge in [-0.2, -0.15) is 13.2 Å². The Kier molecular flexibility index (Phi) is 6.24. The summed E-state index contributed by atoms with van der Waals surface area (Å²) in [5.41, 5.74) is 0.748. The van der Waals surface area contributed by atoms with Crippen LogP contribution < -0.4 is 0 Å². The molecule has 0 aliphatic rings. The zero-order valence-electron chi connectivity index (χ0n) is 10.9. The Bertz CT molecular complexity index is 441. The van der Waals surface area contributed by atoms with Gasteiger partial charge in [-0.25, -0.2) is 4.79 Å². The van der Waals surface area contributed by atoms with E-state index in [2.05, 4.69) is 9.47 Å². The first kappa shape index (κ1) is 16.2. The van der Waals surface area contributed by atoms with E-state index in [9.17, 15) is 18.0 Å². The molecule has 3 nitrogen and oxygen atoms in total. The lowest BCUT2D eigenvalue weighted by Gasteiger charge is -2.14. The van der Waals surface area contributed by atoms with E-state index in [0.717, 1.165) is 5.56 Å². The average molecular weight is 288 g/mol. The fraction of sp³-hybridized carbons (Fsp3) is 0.357. The van der Waals surface area contributed by atoms with Crippen LogP contribution in [0.3, 0.4) is 0 Å². The van der Waals surface area contributed by atoms with E-state index in [1.54, 1.807) is 37.3 Å². The van der Waals surface area contributed by atoms with Crippen LogP contribution in [0.1, 0.15) is 12.5 Å². The van der Waals surface area contributed by atoms with Crippen LogP contribution in [-0.2, 0) is 14.3 Å². The molecule has 1 atom stereocenters. The Morgan fingerprint density at radius 3 is 2.50 bits per heavy atom. The first-order valence-electron chi connectivity index (χ1n) is 6.00. The number of carbonyl (C=O) groups excluding carboxylic acids is 1. The maximum absolute atomic E-state index is 12.1. The third-order valence-electron chi connectivity index (χ3n) is 2.21. The summed E-state index contributed by atoms with van der Waals surface area (Å²) in [6.07, 6.45) is -3.11. The summed E-state index contributed by atoms with van der Waals surface area (Å²) in [4.78, 5) is 11.5. The quantitative estimate of drug-likeness (QED) is 0.754. The van der Waals surface area contributed by atoms with Crippen LogP contribution in [0, 0.1) is 0 Å². The highest BCUT2D eigenvalue weighted by molar-refractivity contribution is 5.78. The lowest BCUT2D eigenvalue weighted by molar-refractivity contribution is -0.189. The highest BCUT2D eigenvalue weighted by Gasteiger charge is 2.31. The maximum atomic E-state index is 12.1. The van der Waals surface area contributed by atoms with Gasteiger partial charge in [0.15, 0.2) is 6.10 Å². The van der Waals surface area contributed by atoms with Crippen molar-refractivity contribution in [1.82, 2.24) is 0 Å². The number of alkyl halides is 3. The third kappa shape index (κ3) is 6.38. The summed E-state index contributed by atoms with van der Waals surface area (Å²) in [5.74, 6) is -0.844. The maximum Gasteiger partial charge on any atom is 0.411 e. The molecular weight excluding hydrogens is 273 g/mol. The molecule has 0 radical (unpaired) electrons. The van der Waals surface area contributed by atoms with Gasteiger partial charge in [0.2, 0.25) is 0 Å². The second-order valence-corrected chi connectivity index (χ2v) is 3.87. The highest BCUT2D eigenvalue weighted by atomic mass is 19.4. The third-order valence-corrected chi connectivity index (χ3v) is 2.21. The summed E-state index contributed by atoms with van der Waals surface area (Å²) in [7, 11) is 0. The van der Waals surface area contributed by atoms with Crippen LogP contribution in [0.25, 0.3) is 6.08 Å². The van der Waals surface area contributed by atoms with E-state index in [1.807, 2.05) is 0 Å². The lowest BCUT2D eigenvalue weighted by Crippen LogP contribution is -2.29. The fourth-order valence-corrected chi connectivity index (χ4v) is 1.37. The van der Waals surface area contributed by atoms with Crippen molar-refractivity contribution in [3.63, 3.8) is 0 Å². The molecule has 110 valence electrons. The minimum atomic E-state index is -4.49. The topological polar surface area (TPSA) is 35.5 Å². The SMILES string of the molecule is CCOC(=O)C(/C=C/c1ccccc1)OCC(F)(F)F. The van der Waals surface area contributed by atoms with Crippen LogP contribution in [0.2, 0.25) is 0 Å². The molecule has 0 bridgehead atoms. The van der Waals surface area contributed by atoms with Gasteiger partial charge in [0.25, 0.3) is 0 Å². The molecule has 0 saturated heterocycles. The second kappa shape index (κ2) is 7.69. The van der Waals surface area contributed by atoms with Crippen LogP contribution in [0.4, 0.5) is 13.2 Å². The Labute approximate surface area is 115 Å². The molecule has 1 aromatic rings. The minimum absolute atomic E-state index is 0.0733. The summed E-state index contributed by atoms with van der Waals surface area (Å²) < 4.78 is 45.6. The lowest BCUT2D eigenvalue weighted by atomic mass is 10.2. The van der Waals surface area contributed by atoms with E-state index in [1.165, 1.54) is 12.2 Å². The Hall–Kier alpha value is -1.82. The predicted molar refractivity (Wildman–Crippen MR) is 67.9 cm³/mol. The molecule has 0 spiro atoms. The highest BCUT2D eigenvalue weighted by Crippen LogP contribution is 2.16. The van der Waals surface area contributed by atoms with Crippen molar-refractivity contribution in [1.29, 1.82) is 0 Å². The number of esters is 1. The molecule has 6 heteroatoms. The first-order chi connectivity index (χ1) is 9.42. The van der Waals surface area contributed by atoms with E-state index in [0.29, 0.717) is 0 Å². The molecular formula is C14H15F3O3. The van der Waals surface area contributed by atoms with Crippen LogP contribution in [0.5, 0.6) is 0 Å². The molecule has 1 rings (SSSR count). The molecule has 0 aromatic heterocycles. The number of hydrogen-bond donors (Lipinski definition) is 0. The molecule has 0 fully saturated rings. The molecule has 0 N–H and O–H groups in total. The summed E-state index contributed by atoms with van der Waals surface area (Å²) in [6.45, 7) is 0.138. The van der Waals surface area contributed by atoms with Gasteiger partial charge in [-0.1, -0.05) is 36.4 Å². The Balaban J connectivity index is 2.72. The number of benzene rings is 1. The number of rotatable bonds is 6. The van der Waals surface area contributed by atoms with E-state index in [-0.39, 0.29) is 6.61 Å². The normalized spacial score (nSPS) is 13.4. The van der Waals surface area contributed by atoms with Gasteiger partial charge < -0.3 is 9.47 Å². The standard InChI is InChI=1S/C14H15F3O3/c1-2-19-13(18)12(20-10-14(15,16)17)9-8-11-6-4-3-5-7-11/h3-9,12H,2,10H2,1H3/b9-8+. The van der Waals surface area contributed by atoms with Crippen molar-refractivity contribution in [2.75, 3.05) is 13.2 Å². The molecule has 0 saturated carbocycles. The summed E-state index contributed by atoms with van der Waals surface area (Å²) in [5, 5.41) is 0. The monoisotopic (exact) mass is 288 g/mol. The zero-order valence-corrected chi connectivity index (χ0v) is 10.9. The van der Waals surface area contributed by atoms with Crippen LogP contribution in [-0.4, -0.2) is 31.5 Å². The van der Waals surface area contributed by atoms with E-state index in [4.69, 9.17) is 0 Å². The van der Waals surface area contributed by atoms with Crippen molar-refractivity contribution < 1.29 is 27.4 Å². The van der Waals surface area contributed by atoms with E-state index < -0.39 is 24.9 Å². The fourth-order valence-electron chi connectivity index (χ4n) is 1.37. The summed E-state index contributed by atoms with van der Waals surface area (Å²) in [6, 6.07) is 8.86. The zero-order chi connectivity index (χ0) is 15.0. The smallest absolute Gasteiger partial charge is 0.411 e. The molecule has 1 unspecified atom stereocenters. The largest absolute Gasteiger partial charge is 0.464 e. The van der Waals surface area contributed by atoms with Gasteiger partial charge in [0.05, 0.1) is 6.61 Å². The molecule has 0 heterocycles.